The summed E-state index contributed by atoms with van der Waals surface area (Å²) in [5.74, 6) is -1.25. The Bertz CT molecular complexity index is 440. The Morgan fingerprint density at radius 2 is 2.08 bits per heavy atom. The predicted octanol–water partition coefficient (Wildman–Crippen LogP) is -0.573. The smallest absolute Gasteiger partial charge is 0.337 e. The van der Waals surface area contributed by atoms with Crippen molar-refractivity contribution in [1.29, 1.82) is 0 Å². The van der Waals surface area contributed by atoms with Crippen LogP contribution in [0.4, 0.5) is 0 Å². The van der Waals surface area contributed by atoms with Gasteiger partial charge in [0, 0.05) is 12.4 Å². The van der Waals surface area contributed by atoms with Crippen molar-refractivity contribution in [2.24, 2.45) is 5.14 Å². The summed E-state index contributed by atoms with van der Waals surface area (Å²) in [6.07, 6.45) is 2.03. The number of carbonyl (C=O) groups is 1. The van der Waals surface area contributed by atoms with Crippen molar-refractivity contribution < 1.29 is 18.3 Å². The number of carboxylic acid groups (broad SMARTS) is 1. The predicted molar refractivity (Wildman–Crippen MR) is 42.6 cm³/mol. The van der Waals surface area contributed by atoms with E-state index >= 15 is 0 Å². The second kappa shape index (κ2) is 3.11. The lowest BCUT2D eigenvalue weighted by atomic mass is 10.3. The molecule has 0 radical (unpaired) electrons. The number of primary sulfonamides is 1. The van der Waals surface area contributed by atoms with Gasteiger partial charge in [-0.2, -0.15) is 0 Å². The van der Waals surface area contributed by atoms with E-state index in [-0.39, 0.29) is 10.5 Å². The lowest BCUT2D eigenvalue weighted by molar-refractivity contribution is 0.0696. The van der Waals surface area contributed by atoms with Crippen LogP contribution in [0.1, 0.15) is 10.4 Å². The number of carboxylic acids is 1. The molecule has 1 aromatic heterocycles. The van der Waals surface area contributed by atoms with Crippen LogP contribution in [0.15, 0.2) is 23.4 Å². The Labute approximate surface area is 74.1 Å². The standard InChI is InChI=1S/C6H6N2O4S/c7-13(11,12)5-1-4(6(9)10)2-8-3-5/h1-3H,(H,9,10)(H2,7,11,12). The summed E-state index contributed by atoms with van der Waals surface area (Å²) in [5.41, 5.74) is -0.216. The number of hydrogen-bond acceptors (Lipinski definition) is 4. The quantitative estimate of drug-likeness (QED) is 0.667. The number of nitrogens with two attached hydrogens (primary N) is 1. The number of pyridine rings is 1. The van der Waals surface area contributed by atoms with E-state index in [4.69, 9.17) is 10.2 Å². The van der Waals surface area contributed by atoms with Gasteiger partial charge in [0.05, 0.1) is 5.56 Å². The van der Waals surface area contributed by atoms with E-state index in [1.165, 1.54) is 0 Å². The molecular formula is C6H6N2O4S. The highest BCUT2D eigenvalue weighted by Crippen LogP contribution is 2.06. The summed E-state index contributed by atoms with van der Waals surface area (Å²) < 4.78 is 21.5. The van der Waals surface area contributed by atoms with Gasteiger partial charge in [0.15, 0.2) is 0 Å². The average Bonchev–Trinajstić information content (AvgIpc) is 2.03. The van der Waals surface area contributed by atoms with Gasteiger partial charge in [-0.1, -0.05) is 0 Å². The average molecular weight is 202 g/mol. The van der Waals surface area contributed by atoms with Crippen molar-refractivity contribution in [3.05, 3.63) is 24.0 Å². The third kappa shape index (κ3) is 2.23. The molecule has 13 heavy (non-hydrogen) atoms. The van der Waals surface area contributed by atoms with Gasteiger partial charge in [-0.05, 0) is 6.07 Å². The molecule has 0 atom stereocenters. The summed E-state index contributed by atoms with van der Waals surface area (Å²) in [7, 11) is -3.88. The molecular weight excluding hydrogens is 196 g/mol. The molecule has 70 valence electrons. The summed E-state index contributed by atoms with van der Waals surface area (Å²) in [6, 6.07) is 0.949. The normalized spacial score (nSPS) is 11.2. The van der Waals surface area contributed by atoms with E-state index in [9.17, 15) is 13.2 Å². The lowest BCUT2D eigenvalue weighted by Gasteiger charge is -1.97. The Morgan fingerprint density at radius 1 is 1.46 bits per heavy atom. The minimum atomic E-state index is -3.88. The van der Waals surface area contributed by atoms with E-state index in [1.54, 1.807) is 0 Å². The fraction of sp³-hybridized carbons (Fsp3) is 0. The molecule has 1 rings (SSSR count). The Morgan fingerprint density at radius 3 is 2.54 bits per heavy atom. The zero-order valence-electron chi connectivity index (χ0n) is 6.34. The van der Waals surface area contributed by atoms with Crippen molar-refractivity contribution in [3.63, 3.8) is 0 Å². The first-order valence-corrected chi connectivity index (χ1v) is 4.67. The van der Waals surface area contributed by atoms with Gasteiger partial charge < -0.3 is 5.11 Å². The molecule has 0 fully saturated rings. The molecule has 0 aromatic carbocycles. The van der Waals surface area contributed by atoms with E-state index in [0.717, 1.165) is 18.5 Å². The van der Waals surface area contributed by atoms with Gasteiger partial charge in [-0.15, -0.1) is 0 Å². The molecule has 0 aliphatic heterocycles. The molecule has 0 spiro atoms. The highest BCUT2D eigenvalue weighted by atomic mass is 32.2. The molecule has 3 N–H and O–H groups in total. The molecule has 0 aliphatic rings. The summed E-state index contributed by atoms with van der Waals surface area (Å²) in [5, 5.41) is 13.3. The van der Waals surface area contributed by atoms with Crippen molar-refractivity contribution in [1.82, 2.24) is 4.98 Å². The van der Waals surface area contributed by atoms with Gasteiger partial charge in [-0.3, -0.25) is 4.98 Å². The molecule has 0 saturated carbocycles. The first kappa shape index (κ1) is 9.62. The largest absolute Gasteiger partial charge is 0.478 e. The maximum atomic E-state index is 10.8. The van der Waals surface area contributed by atoms with E-state index in [1.807, 2.05) is 0 Å². The first-order valence-electron chi connectivity index (χ1n) is 3.12. The van der Waals surface area contributed by atoms with E-state index in [2.05, 4.69) is 4.98 Å². The molecule has 0 bridgehead atoms. The Hall–Kier alpha value is -1.47. The molecule has 0 saturated heterocycles. The van der Waals surface area contributed by atoms with Gasteiger partial charge in [-0.25, -0.2) is 18.4 Å². The van der Waals surface area contributed by atoms with Crippen molar-refractivity contribution >= 4 is 16.0 Å². The fourth-order valence-electron chi connectivity index (χ4n) is 0.691. The summed E-state index contributed by atoms with van der Waals surface area (Å²) >= 11 is 0. The zero-order valence-corrected chi connectivity index (χ0v) is 7.15. The number of aromatic nitrogens is 1. The van der Waals surface area contributed by atoms with E-state index in [0.29, 0.717) is 0 Å². The van der Waals surface area contributed by atoms with Gasteiger partial charge in [0.25, 0.3) is 0 Å². The summed E-state index contributed by atoms with van der Waals surface area (Å²) in [4.78, 5) is 13.5. The minimum absolute atomic E-state index is 0.216. The highest BCUT2D eigenvalue weighted by molar-refractivity contribution is 7.89. The molecule has 1 heterocycles. The summed E-state index contributed by atoms with van der Waals surface area (Å²) in [6.45, 7) is 0. The monoisotopic (exact) mass is 202 g/mol. The first-order chi connectivity index (χ1) is 5.91. The maximum absolute atomic E-state index is 10.8. The van der Waals surface area contributed by atoms with Crippen molar-refractivity contribution in [2.75, 3.05) is 0 Å². The van der Waals surface area contributed by atoms with Crippen LogP contribution in [0.5, 0.6) is 0 Å². The Balaban J connectivity index is 3.29. The van der Waals surface area contributed by atoms with Crippen LogP contribution in [0.3, 0.4) is 0 Å². The molecule has 0 unspecified atom stereocenters. The second-order valence-corrected chi connectivity index (χ2v) is 3.82. The van der Waals surface area contributed by atoms with Crippen LogP contribution in [-0.4, -0.2) is 24.5 Å². The fourth-order valence-corrected chi connectivity index (χ4v) is 1.19. The third-order valence-corrected chi connectivity index (χ3v) is 2.17. The van der Waals surface area contributed by atoms with Crippen LogP contribution < -0.4 is 5.14 Å². The van der Waals surface area contributed by atoms with Gasteiger partial charge >= 0.3 is 5.97 Å². The highest BCUT2D eigenvalue weighted by Gasteiger charge is 2.11. The van der Waals surface area contributed by atoms with Crippen molar-refractivity contribution in [3.8, 4) is 0 Å². The van der Waals surface area contributed by atoms with Crippen LogP contribution >= 0.6 is 0 Å². The van der Waals surface area contributed by atoms with Crippen molar-refractivity contribution in [2.45, 2.75) is 4.90 Å². The zero-order chi connectivity index (χ0) is 10.1. The minimum Gasteiger partial charge on any atom is -0.478 e. The van der Waals surface area contributed by atoms with Gasteiger partial charge in [0.1, 0.15) is 4.90 Å². The molecule has 1 aromatic rings. The molecule has 7 heteroatoms. The number of nitrogens with zero attached hydrogens (tertiary/aromatic N) is 1. The van der Waals surface area contributed by atoms with Crippen LogP contribution in [0.25, 0.3) is 0 Å². The Kier molecular flexibility index (Phi) is 2.30. The SMILES string of the molecule is NS(=O)(=O)c1cncc(C(=O)O)c1. The number of sulfonamides is 1. The second-order valence-electron chi connectivity index (χ2n) is 2.26. The third-order valence-electron chi connectivity index (χ3n) is 1.29. The van der Waals surface area contributed by atoms with Crippen LogP contribution in [-0.2, 0) is 10.0 Å². The molecule has 6 nitrogen and oxygen atoms in total. The number of rotatable bonds is 2. The maximum Gasteiger partial charge on any atom is 0.337 e. The number of aromatic carboxylic acids is 1. The molecule has 0 aliphatic carbocycles. The number of hydrogen-bond donors (Lipinski definition) is 2. The lowest BCUT2D eigenvalue weighted by Crippen LogP contribution is -2.13. The topological polar surface area (TPSA) is 110 Å². The van der Waals surface area contributed by atoms with Gasteiger partial charge in [0.2, 0.25) is 10.0 Å². The van der Waals surface area contributed by atoms with E-state index < -0.39 is 16.0 Å². The van der Waals surface area contributed by atoms with Crippen LogP contribution in [0, 0.1) is 0 Å². The molecule has 0 amide bonds. The van der Waals surface area contributed by atoms with Crippen LogP contribution in [0.2, 0.25) is 0 Å².